The molecule has 6 heteroatoms. The lowest BCUT2D eigenvalue weighted by atomic mass is 10.0. The Morgan fingerprint density at radius 1 is 1.08 bits per heavy atom. The van der Waals surface area contributed by atoms with Crippen molar-refractivity contribution in [1.82, 2.24) is 15.5 Å². The number of halogens is 1. The summed E-state index contributed by atoms with van der Waals surface area (Å²) >= 11 is 3.54. The first-order chi connectivity index (χ1) is 12.0. The van der Waals surface area contributed by atoms with Crippen LogP contribution in [0.4, 0.5) is 4.79 Å². The summed E-state index contributed by atoms with van der Waals surface area (Å²) in [5.41, 5.74) is 1.90. The molecule has 25 heavy (non-hydrogen) atoms. The number of carbonyl (C=O) groups excluding carboxylic acids is 2. The topological polar surface area (TPSA) is 61.4 Å². The monoisotopic (exact) mass is 403 g/mol. The minimum Gasteiger partial charge on any atom is -0.338 e. The predicted molar refractivity (Wildman–Crippen MR) is 102 cm³/mol. The van der Waals surface area contributed by atoms with Crippen molar-refractivity contribution in [3.8, 4) is 0 Å². The van der Waals surface area contributed by atoms with Gasteiger partial charge < -0.3 is 5.32 Å². The summed E-state index contributed by atoms with van der Waals surface area (Å²) in [6.45, 7) is 2.82. The Balaban J connectivity index is 2.23. The highest BCUT2D eigenvalue weighted by Crippen LogP contribution is 2.24. The van der Waals surface area contributed by atoms with E-state index in [0.29, 0.717) is 13.1 Å². The van der Waals surface area contributed by atoms with E-state index in [9.17, 15) is 9.59 Å². The number of imide groups is 1. The van der Waals surface area contributed by atoms with E-state index in [0.717, 1.165) is 15.6 Å². The molecule has 0 saturated carbocycles. The molecule has 3 amide bonds. The van der Waals surface area contributed by atoms with Crippen molar-refractivity contribution in [2.75, 3.05) is 13.6 Å². The second-order valence-electron chi connectivity index (χ2n) is 5.67. The first-order valence-electron chi connectivity index (χ1n) is 8.10. The molecule has 132 valence electrons. The molecule has 0 spiro atoms. The molecular weight excluding hydrogens is 382 g/mol. The van der Waals surface area contributed by atoms with Gasteiger partial charge in [0.2, 0.25) is 5.91 Å². The molecule has 0 bridgehead atoms. The van der Waals surface area contributed by atoms with Gasteiger partial charge >= 0.3 is 6.03 Å². The van der Waals surface area contributed by atoms with E-state index in [1.807, 2.05) is 66.5 Å². The Morgan fingerprint density at radius 3 is 2.36 bits per heavy atom. The molecule has 1 atom stereocenters. The van der Waals surface area contributed by atoms with Crippen LogP contribution in [-0.4, -0.2) is 30.4 Å². The Labute approximate surface area is 156 Å². The summed E-state index contributed by atoms with van der Waals surface area (Å²) in [5, 5.41) is 5.00. The van der Waals surface area contributed by atoms with E-state index in [1.54, 1.807) is 6.92 Å². The zero-order chi connectivity index (χ0) is 18.2. The maximum atomic E-state index is 12.7. The molecule has 0 heterocycles. The number of benzene rings is 2. The van der Waals surface area contributed by atoms with Crippen molar-refractivity contribution in [3.63, 3.8) is 0 Å². The third kappa shape index (κ3) is 5.41. The minimum atomic E-state index is -0.573. The maximum Gasteiger partial charge on any atom is 0.321 e. The smallest absolute Gasteiger partial charge is 0.321 e. The first-order valence-corrected chi connectivity index (χ1v) is 8.89. The van der Waals surface area contributed by atoms with E-state index >= 15 is 0 Å². The number of nitrogens with one attached hydrogen (secondary N) is 2. The van der Waals surface area contributed by atoms with Gasteiger partial charge in [-0.1, -0.05) is 64.5 Å². The van der Waals surface area contributed by atoms with Gasteiger partial charge in [0.05, 0.1) is 0 Å². The van der Waals surface area contributed by atoms with Gasteiger partial charge in [-0.2, -0.15) is 0 Å². The zero-order valence-corrected chi connectivity index (χ0v) is 15.9. The van der Waals surface area contributed by atoms with Gasteiger partial charge in [-0.05, 0) is 31.2 Å². The summed E-state index contributed by atoms with van der Waals surface area (Å²) in [7, 11) is 1.87. The fourth-order valence-corrected chi connectivity index (χ4v) is 3.02. The van der Waals surface area contributed by atoms with Crippen molar-refractivity contribution in [2.24, 2.45) is 0 Å². The first kappa shape index (κ1) is 19.1. The summed E-state index contributed by atoms with van der Waals surface area (Å²) in [6.07, 6.45) is 0. The Kier molecular flexibility index (Phi) is 7.16. The van der Waals surface area contributed by atoms with Crippen LogP contribution in [0.25, 0.3) is 0 Å². The van der Waals surface area contributed by atoms with Crippen LogP contribution < -0.4 is 10.6 Å². The van der Waals surface area contributed by atoms with Gasteiger partial charge in [0.1, 0.15) is 6.04 Å². The Bertz CT molecular complexity index is 722. The van der Waals surface area contributed by atoms with Crippen molar-refractivity contribution in [1.29, 1.82) is 0 Å². The molecular formula is C19H22BrN3O2. The highest BCUT2D eigenvalue weighted by molar-refractivity contribution is 9.10. The van der Waals surface area contributed by atoms with E-state index in [-0.39, 0.29) is 5.91 Å². The van der Waals surface area contributed by atoms with Crippen molar-refractivity contribution in [3.05, 3.63) is 70.2 Å². The van der Waals surface area contributed by atoms with Gasteiger partial charge in [0.15, 0.2) is 0 Å². The van der Waals surface area contributed by atoms with Crippen LogP contribution in [-0.2, 0) is 11.3 Å². The number of urea groups is 1. The molecule has 0 aliphatic heterocycles. The number of carbonyl (C=O) groups is 2. The molecule has 2 aromatic carbocycles. The van der Waals surface area contributed by atoms with Gasteiger partial charge in [0, 0.05) is 17.6 Å². The lowest BCUT2D eigenvalue weighted by Crippen LogP contribution is -2.45. The summed E-state index contributed by atoms with van der Waals surface area (Å²) in [5.74, 6) is -0.355. The van der Waals surface area contributed by atoms with Crippen LogP contribution >= 0.6 is 15.9 Å². The third-order valence-corrected chi connectivity index (χ3v) is 4.53. The molecule has 0 fully saturated rings. The van der Waals surface area contributed by atoms with Crippen molar-refractivity contribution >= 4 is 27.9 Å². The lowest BCUT2D eigenvalue weighted by Gasteiger charge is -2.27. The number of hydrogen-bond donors (Lipinski definition) is 2. The van der Waals surface area contributed by atoms with Gasteiger partial charge in [0.25, 0.3) is 0 Å². The summed E-state index contributed by atoms with van der Waals surface area (Å²) in [4.78, 5) is 26.4. The van der Waals surface area contributed by atoms with Gasteiger partial charge in [-0.3, -0.25) is 15.0 Å². The third-order valence-electron chi connectivity index (χ3n) is 3.76. The van der Waals surface area contributed by atoms with Crippen LogP contribution in [0.15, 0.2) is 59.1 Å². The molecule has 0 saturated heterocycles. The molecule has 0 radical (unpaired) electrons. The minimum absolute atomic E-state index is 0.355. The zero-order valence-electron chi connectivity index (χ0n) is 14.3. The van der Waals surface area contributed by atoms with E-state index < -0.39 is 12.1 Å². The van der Waals surface area contributed by atoms with Gasteiger partial charge in [-0.15, -0.1) is 0 Å². The second-order valence-corrected chi connectivity index (χ2v) is 6.52. The number of nitrogens with zero attached hydrogens (tertiary/aromatic N) is 1. The lowest BCUT2D eigenvalue weighted by molar-refractivity contribution is -0.125. The molecule has 0 unspecified atom stereocenters. The van der Waals surface area contributed by atoms with E-state index in [4.69, 9.17) is 0 Å². The highest BCUT2D eigenvalue weighted by Gasteiger charge is 2.26. The molecule has 2 N–H and O–H groups in total. The fraction of sp³-hybridized carbons (Fsp3) is 0.263. The molecule has 0 aliphatic carbocycles. The fourth-order valence-electron chi connectivity index (χ4n) is 2.61. The largest absolute Gasteiger partial charge is 0.338 e. The van der Waals surface area contributed by atoms with Crippen LogP contribution in [0.1, 0.15) is 24.1 Å². The summed E-state index contributed by atoms with van der Waals surface area (Å²) < 4.78 is 0.984. The highest BCUT2D eigenvalue weighted by atomic mass is 79.9. The van der Waals surface area contributed by atoms with Crippen LogP contribution in [0.2, 0.25) is 0 Å². The number of hydrogen-bond acceptors (Lipinski definition) is 3. The van der Waals surface area contributed by atoms with Crippen LogP contribution in [0, 0.1) is 0 Å². The molecule has 2 rings (SSSR count). The number of rotatable bonds is 6. The van der Waals surface area contributed by atoms with Crippen LogP contribution in [0.5, 0.6) is 0 Å². The van der Waals surface area contributed by atoms with Crippen molar-refractivity contribution in [2.45, 2.75) is 19.5 Å². The number of likely N-dealkylation sites (N-methyl/N-ethyl adjacent to an activating group) is 1. The maximum absolute atomic E-state index is 12.7. The molecule has 0 aromatic heterocycles. The standard InChI is InChI=1S/C19H22BrN3O2/c1-3-21-19(25)22-18(24)17(14-9-5-4-6-10-14)23(2)13-15-11-7-8-12-16(15)20/h4-12,17H,3,13H2,1-2H3,(H2,21,22,24,25)/t17-/m1/s1. The Hall–Kier alpha value is -2.18. The Morgan fingerprint density at radius 2 is 1.72 bits per heavy atom. The van der Waals surface area contributed by atoms with Crippen LogP contribution in [0.3, 0.4) is 0 Å². The normalized spacial score (nSPS) is 11.8. The predicted octanol–water partition coefficient (Wildman–Crippen LogP) is 3.47. The average molecular weight is 404 g/mol. The quantitative estimate of drug-likeness (QED) is 0.775. The SMILES string of the molecule is CCNC(=O)NC(=O)[C@@H](c1ccccc1)N(C)Cc1ccccc1Br. The molecule has 0 aliphatic rings. The average Bonchev–Trinajstić information content (AvgIpc) is 2.58. The second kappa shape index (κ2) is 9.34. The number of amides is 3. The van der Waals surface area contributed by atoms with Gasteiger partial charge in [-0.25, -0.2) is 4.79 Å². The van der Waals surface area contributed by atoms with E-state index in [2.05, 4.69) is 26.6 Å². The molecule has 5 nitrogen and oxygen atoms in total. The van der Waals surface area contributed by atoms with Crippen molar-refractivity contribution < 1.29 is 9.59 Å². The molecule has 2 aromatic rings. The van der Waals surface area contributed by atoms with E-state index in [1.165, 1.54) is 0 Å². The summed E-state index contributed by atoms with van der Waals surface area (Å²) in [6, 6.07) is 16.3.